The fraction of sp³-hybridized carbons (Fsp3) is 0.600. The molecule has 1 aromatic rings. The van der Waals surface area contributed by atoms with Crippen LogP contribution in [0.15, 0.2) is 10.8 Å². The van der Waals surface area contributed by atoms with Crippen LogP contribution < -0.4 is 5.32 Å². The van der Waals surface area contributed by atoms with Gasteiger partial charge in [-0.3, -0.25) is 0 Å². The molecule has 0 aliphatic heterocycles. The van der Waals surface area contributed by atoms with E-state index in [1.165, 1.54) is 6.20 Å². The Morgan fingerprint density at radius 2 is 2.70 bits per heavy atom. The number of ether oxygens (including phenoxy) is 1. The Labute approximate surface area is 58.3 Å². The molecular weight excluding hydrogens is 134 g/mol. The molecule has 5 heteroatoms. The zero-order chi connectivity index (χ0) is 7.23. The minimum absolute atomic E-state index is 0.636. The zero-order valence-corrected chi connectivity index (χ0v) is 5.70. The lowest BCUT2D eigenvalue weighted by molar-refractivity contribution is 0.210. The fourth-order valence-electron chi connectivity index (χ4n) is 0.524. The molecule has 0 atom stereocenters. The summed E-state index contributed by atoms with van der Waals surface area (Å²) in [6.45, 7) is 1.36. The van der Waals surface area contributed by atoms with E-state index < -0.39 is 0 Å². The molecule has 1 aromatic heterocycles. The van der Waals surface area contributed by atoms with Crippen LogP contribution in [0.25, 0.3) is 0 Å². The first-order valence-electron chi connectivity index (χ1n) is 2.94. The Kier molecular flexibility index (Phi) is 2.69. The van der Waals surface area contributed by atoms with E-state index in [-0.39, 0.29) is 0 Å². The first-order valence-corrected chi connectivity index (χ1v) is 2.94. The van der Waals surface area contributed by atoms with E-state index >= 15 is 0 Å². The van der Waals surface area contributed by atoms with E-state index in [1.807, 2.05) is 0 Å². The number of methoxy groups -OCH3 is 1. The molecule has 0 amide bonds. The number of aromatic nitrogens is 2. The first kappa shape index (κ1) is 7.01. The van der Waals surface area contributed by atoms with Crippen LogP contribution in [0.4, 0.5) is 5.82 Å². The molecule has 0 radical (unpaired) electrons. The van der Waals surface area contributed by atoms with Crippen LogP contribution in [-0.4, -0.2) is 30.6 Å². The maximum absolute atomic E-state index is 4.80. The largest absolute Gasteiger partial charge is 0.383 e. The van der Waals surface area contributed by atoms with Crippen LogP contribution in [0.3, 0.4) is 0 Å². The molecule has 0 unspecified atom stereocenters. The van der Waals surface area contributed by atoms with Crippen molar-refractivity contribution in [1.29, 1.82) is 0 Å². The van der Waals surface area contributed by atoms with Crippen molar-refractivity contribution in [1.82, 2.24) is 10.3 Å². The summed E-state index contributed by atoms with van der Waals surface area (Å²) in [5, 5.41) is 9.88. The molecule has 1 N–H and O–H groups in total. The van der Waals surface area contributed by atoms with E-state index in [0.29, 0.717) is 19.0 Å². The van der Waals surface area contributed by atoms with E-state index in [9.17, 15) is 0 Å². The summed E-state index contributed by atoms with van der Waals surface area (Å²) in [7, 11) is 1.64. The first-order chi connectivity index (χ1) is 4.93. The monoisotopic (exact) mass is 143 g/mol. The second-order valence-corrected chi connectivity index (χ2v) is 1.71. The number of rotatable bonds is 4. The maximum atomic E-state index is 4.80. The smallest absolute Gasteiger partial charge is 0.190 e. The van der Waals surface area contributed by atoms with Crippen molar-refractivity contribution in [2.75, 3.05) is 25.6 Å². The van der Waals surface area contributed by atoms with Gasteiger partial charge in [0.05, 0.1) is 6.61 Å². The van der Waals surface area contributed by atoms with E-state index in [0.717, 1.165) is 0 Å². The van der Waals surface area contributed by atoms with Gasteiger partial charge in [-0.2, -0.15) is 0 Å². The highest BCUT2D eigenvalue weighted by Crippen LogP contribution is 1.95. The lowest BCUT2D eigenvalue weighted by atomic mass is 10.6. The predicted molar refractivity (Wildman–Crippen MR) is 34.7 cm³/mol. The van der Waals surface area contributed by atoms with Crippen LogP contribution in [0.2, 0.25) is 0 Å². The van der Waals surface area contributed by atoms with E-state index in [1.54, 1.807) is 7.11 Å². The van der Waals surface area contributed by atoms with Gasteiger partial charge in [0.2, 0.25) is 0 Å². The van der Waals surface area contributed by atoms with Gasteiger partial charge in [-0.15, -0.1) is 0 Å². The van der Waals surface area contributed by atoms with Crippen molar-refractivity contribution in [2.45, 2.75) is 0 Å². The third kappa shape index (κ3) is 2.02. The van der Waals surface area contributed by atoms with Gasteiger partial charge in [-0.25, -0.2) is 4.63 Å². The van der Waals surface area contributed by atoms with Gasteiger partial charge in [0.15, 0.2) is 5.82 Å². The van der Waals surface area contributed by atoms with Crippen molar-refractivity contribution >= 4 is 5.82 Å². The Morgan fingerprint density at radius 1 is 1.80 bits per heavy atom. The van der Waals surface area contributed by atoms with Crippen molar-refractivity contribution in [3.05, 3.63) is 6.20 Å². The highest BCUT2D eigenvalue weighted by molar-refractivity contribution is 5.27. The lowest BCUT2D eigenvalue weighted by Crippen LogP contribution is -2.07. The van der Waals surface area contributed by atoms with Crippen molar-refractivity contribution in [3.63, 3.8) is 0 Å². The average molecular weight is 143 g/mol. The second-order valence-electron chi connectivity index (χ2n) is 1.71. The highest BCUT2D eigenvalue weighted by Gasteiger charge is 1.92. The van der Waals surface area contributed by atoms with Gasteiger partial charge in [0.25, 0.3) is 0 Å². The minimum atomic E-state index is 0.636. The van der Waals surface area contributed by atoms with Gasteiger partial charge >= 0.3 is 0 Å². The molecule has 0 aliphatic rings. The Balaban J connectivity index is 2.15. The SMILES string of the molecule is COCCNc1cnon1. The summed E-state index contributed by atoms with van der Waals surface area (Å²) in [4.78, 5) is 0. The normalized spacial score (nSPS) is 9.70. The molecule has 0 aromatic carbocycles. The lowest BCUT2D eigenvalue weighted by Gasteiger charge is -1.97. The number of nitrogens with zero attached hydrogens (tertiary/aromatic N) is 2. The number of anilines is 1. The van der Waals surface area contributed by atoms with Crippen LogP contribution in [0.5, 0.6) is 0 Å². The Morgan fingerprint density at radius 3 is 3.30 bits per heavy atom. The molecule has 0 fully saturated rings. The molecule has 0 saturated heterocycles. The molecule has 1 heterocycles. The number of hydrogen-bond acceptors (Lipinski definition) is 5. The summed E-state index contributed by atoms with van der Waals surface area (Å²) >= 11 is 0. The van der Waals surface area contributed by atoms with Crippen molar-refractivity contribution < 1.29 is 9.37 Å². The molecule has 0 spiro atoms. The van der Waals surface area contributed by atoms with Gasteiger partial charge < -0.3 is 10.1 Å². The van der Waals surface area contributed by atoms with Crippen LogP contribution in [-0.2, 0) is 4.74 Å². The summed E-state index contributed by atoms with van der Waals surface area (Å²) in [6.07, 6.45) is 1.51. The molecule has 0 bridgehead atoms. The molecule has 56 valence electrons. The third-order valence-electron chi connectivity index (χ3n) is 0.974. The highest BCUT2D eigenvalue weighted by atomic mass is 16.6. The van der Waals surface area contributed by atoms with Crippen LogP contribution in [0, 0.1) is 0 Å². The van der Waals surface area contributed by atoms with Crippen molar-refractivity contribution in [2.24, 2.45) is 0 Å². The third-order valence-corrected chi connectivity index (χ3v) is 0.974. The maximum Gasteiger partial charge on any atom is 0.190 e. The van der Waals surface area contributed by atoms with Gasteiger partial charge in [0.1, 0.15) is 6.20 Å². The summed E-state index contributed by atoms with van der Waals surface area (Å²) in [5.74, 6) is 0.636. The van der Waals surface area contributed by atoms with Crippen LogP contribution in [0.1, 0.15) is 0 Å². The predicted octanol–water partition coefficient (Wildman–Crippen LogP) is 0.128. The van der Waals surface area contributed by atoms with Gasteiger partial charge in [-0.1, -0.05) is 5.16 Å². The minimum Gasteiger partial charge on any atom is -0.383 e. The Hall–Kier alpha value is -1.10. The molecule has 0 saturated carbocycles. The average Bonchev–Trinajstić information content (AvgIpc) is 2.41. The molecule has 0 aliphatic carbocycles. The number of hydrogen-bond donors (Lipinski definition) is 1. The topological polar surface area (TPSA) is 60.2 Å². The van der Waals surface area contributed by atoms with Gasteiger partial charge in [0, 0.05) is 13.7 Å². The van der Waals surface area contributed by atoms with Crippen LogP contribution >= 0.6 is 0 Å². The standard InChI is InChI=1S/C5H9N3O2/c1-9-3-2-6-5-4-7-10-8-5/h4H,2-3H2,1H3,(H,6,8). The zero-order valence-electron chi connectivity index (χ0n) is 5.70. The van der Waals surface area contributed by atoms with Crippen molar-refractivity contribution in [3.8, 4) is 0 Å². The number of nitrogens with one attached hydrogen (secondary N) is 1. The quantitative estimate of drug-likeness (QED) is 0.607. The summed E-state index contributed by atoms with van der Waals surface area (Å²) in [6, 6.07) is 0. The summed E-state index contributed by atoms with van der Waals surface area (Å²) in [5.41, 5.74) is 0. The Bertz CT molecular complexity index is 163. The van der Waals surface area contributed by atoms with E-state index in [2.05, 4.69) is 20.3 Å². The molecule has 10 heavy (non-hydrogen) atoms. The summed E-state index contributed by atoms with van der Waals surface area (Å²) < 4.78 is 9.14. The molecule has 1 rings (SSSR count). The van der Waals surface area contributed by atoms with E-state index in [4.69, 9.17) is 4.74 Å². The molecular formula is C5H9N3O2. The van der Waals surface area contributed by atoms with Gasteiger partial charge in [-0.05, 0) is 5.16 Å². The second kappa shape index (κ2) is 3.84. The fourth-order valence-corrected chi connectivity index (χ4v) is 0.524. The molecule has 5 nitrogen and oxygen atoms in total.